The molecule has 0 atom stereocenters. The molecule has 4 rings (SSSR count). The lowest BCUT2D eigenvalue weighted by Gasteiger charge is -2.39. The van der Waals surface area contributed by atoms with Crippen LogP contribution in [-0.4, -0.2) is 49.9 Å². The highest BCUT2D eigenvalue weighted by atomic mass is 16.5. The Labute approximate surface area is 144 Å². The Bertz CT molecular complexity index is 910. The van der Waals surface area contributed by atoms with Gasteiger partial charge < -0.3 is 14.2 Å². The number of hydrogen-bond donors (Lipinski definition) is 0. The fourth-order valence-electron chi connectivity index (χ4n) is 2.74. The van der Waals surface area contributed by atoms with Gasteiger partial charge in [-0.3, -0.25) is 9.48 Å². The summed E-state index contributed by atoms with van der Waals surface area (Å²) in [6.45, 7) is 2.81. The summed E-state index contributed by atoms with van der Waals surface area (Å²) in [5, 5.41) is 7.97. The second-order valence-electron chi connectivity index (χ2n) is 5.99. The van der Waals surface area contributed by atoms with Crippen LogP contribution in [0, 0.1) is 6.92 Å². The molecule has 3 aromatic rings. The normalized spacial score (nSPS) is 14.4. The fraction of sp³-hybridized carbons (Fsp3) is 0.294. The predicted octanol–water partition coefficient (Wildman–Crippen LogP) is 1.68. The molecule has 1 amide bonds. The van der Waals surface area contributed by atoms with Gasteiger partial charge in [-0.15, -0.1) is 0 Å². The summed E-state index contributed by atoms with van der Waals surface area (Å²) < 4.78 is 12.7. The van der Waals surface area contributed by atoms with Crippen LogP contribution in [-0.2, 0) is 7.05 Å². The number of carbonyl (C=O) groups is 1. The van der Waals surface area contributed by atoms with Crippen LogP contribution >= 0.6 is 0 Å². The number of aryl methyl sites for hydroxylation is 2. The number of rotatable bonds is 4. The van der Waals surface area contributed by atoms with Gasteiger partial charge in [-0.2, -0.15) is 10.1 Å². The molecule has 2 aromatic heterocycles. The maximum absolute atomic E-state index is 12.3. The van der Waals surface area contributed by atoms with Crippen LogP contribution in [0.3, 0.4) is 0 Å². The molecule has 0 N–H and O–H groups in total. The minimum absolute atomic E-state index is 0.0324. The SMILES string of the molecule is Cc1nc(-c2ccccc2OC2CN(C(=O)c3cnn(C)c3)C2)no1. The average Bonchev–Trinajstić information content (AvgIpc) is 3.19. The number of aromatic nitrogens is 4. The summed E-state index contributed by atoms with van der Waals surface area (Å²) in [6.07, 6.45) is 3.23. The molecule has 0 radical (unpaired) electrons. The second kappa shape index (κ2) is 6.04. The second-order valence-corrected chi connectivity index (χ2v) is 5.99. The summed E-state index contributed by atoms with van der Waals surface area (Å²) in [6, 6.07) is 7.54. The molecule has 8 heteroatoms. The number of nitrogens with zero attached hydrogens (tertiary/aromatic N) is 5. The van der Waals surface area contributed by atoms with E-state index < -0.39 is 0 Å². The zero-order valence-corrected chi connectivity index (χ0v) is 13.9. The van der Waals surface area contributed by atoms with Gasteiger partial charge in [-0.1, -0.05) is 17.3 Å². The minimum Gasteiger partial charge on any atom is -0.486 e. The van der Waals surface area contributed by atoms with E-state index in [4.69, 9.17) is 9.26 Å². The number of ether oxygens (including phenoxy) is 1. The van der Waals surface area contributed by atoms with Crippen LogP contribution in [0.5, 0.6) is 5.75 Å². The van der Waals surface area contributed by atoms with Crippen molar-refractivity contribution in [2.24, 2.45) is 7.05 Å². The molecule has 128 valence electrons. The molecule has 1 fully saturated rings. The van der Waals surface area contributed by atoms with Gasteiger partial charge in [0.2, 0.25) is 11.7 Å². The molecule has 3 heterocycles. The third-order valence-corrected chi connectivity index (χ3v) is 4.04. The van der Waals surface area contributed by atoms with Gasteiger partial charge in [-0.25, -0.2) is 0 Å². The van der Waals surface area contributed by atoms with Crippen LogP contribution in [0.25, 0.3) is 11.4 Å². The van der Waals surface area contributed by atoms with E-state index in [1.165, 1.54) is 0 Å². The highest BCUT2D eigenvalue weighted by Crippen LogP contribution is 2.30. The molecule has 0 saturated carbocycles. The zero-order chi connectivity index (χ0) is 17.4. The Morgan fingerprint density at radius 1 is 1.32 bits per heavy atom. The van der Waals surface area contributed by atoms with Crippen molar-refractivity contribution in [1.82, 2.24) is 24.8 Å². The Hall–Kier alpha value is -3.16. The third-order valence-electron chi connectivity index (χ3n) is 4.04. The lowest BCUT2D eigenvalue weighted by Crippen LogP contribution is -2.56. The first-order chi connectivity index (χ1) is 12.1. The molecule has 8 nitrogen and oxygen atoms in total. The first-order valence-electron chi connectivity index (χ1n) is 7.94. The summed E-state index contributed by atoms with van der Waals surface area (Å²) in [5.74, 6) is 1.65. The molecular formula is C17H17N5O3. The van der Waals surface area contributed by atoms with E-state index in [1.807, 2.05) is 24.3 Å². The molecule has 25 heavy (non-hydrogen) atoms. The van der Waals surface area contributed by atoms with Crippen molar-refractivity contribution in [2.45, 2.75) is 13.0 Å². The van der Waals surface area contributed by atoms with Gasteiger partial charge in [-0.05, 0) is 12.1 Å². The highest BCUT2D eigenvalue weighted by molar-refractivity contribution is 5.94. The van der Waals surface area contributed by atoms with Crippen molar-refractivity contribution in [1.29, 1.82) is 0 Å². The van der Waals surface area contributed by atoms with Crippen molar-refractivity contribution < 1.29 is 14.1 Å². The van der Waals surface area contributed by atoms with E-state index in [9.17, 15) is 4.79 Å². The standard InChI is InChI=1S/C17H17N5O3/c1-11-19-16(20-25-11)14-5-3-4-6-15(14)24-13-9-22(10-13)17(23)12-7-18-21(2)8-12/h3-8,13H,9-10H2,1-2H3. The quantitative estimate of drug-likeness (QED) is 0.719. The van der Waals surface area contributed by atoms with E-state index >= 15 is 0 Å². The Morgan fingerprint density at radius 2 is 2.12 bits per heavy atom. The highest BCUT2D eigenvalue weighted by Gasteiger charge is 2.33. The molecule has 0 spiro atoms. The van der Waals surface area contributed by atoms with Crippen molar-refractivity contribution in [3.8, 4) is 17.1 Å². The number of amides is 1. The topological polar surface area (TPSA) is 86.3 Å². The zero-order valence-electron chi connectivity index (χ0n) is 13.9. The monoisotopic (exact) mass is 339 g/mol. The van der Waals surface area contributed by atoms with Crippen molar-refractivity contribution in [3.63, 3.8) is 0 Å². The van der Waals surface area contributed by atoms with Gasteiger partial charge in [0.25, 0.3) is 5.91 Å². The fourth-order valence-corrected chi connectivity index (χ4v) is 2.74. The molecule has 0 aliphatic carbocycles. The van der Waals surface area contributed by atoms with E-state index in [0.717, 1.165) is 5.56 Å². The molecule has 0 unspecified atom stereocenters. The van der Waals surface area contributed by atoms with E-state index in [2.05, 4.69) is 15.2 Å². The summed E-state index contributed by atoms with van der Waals surface area (Å²) in [7, 11) is 1.79. The van der Waals surface area contributed by atoms with Gasteiger partial charge >= 0.3 is 0 Å². The van der Waals surface area contributed by atoms with Crippen LogP contribution in [0.15, 0.2) is 41.2 Å². The number of benzene rings is 1. The lowest BCUT2D eigenvalue weighted by atomic mass is 10.1. The van der Waals surface area contributed by atoms with Crippen LogP contribution in [0.4, 0.5) is 0 Å². The molecule has 1 aliphatic rings. The van der Waals surface area contributed by atoms with Gasteiger partial charge in [0.15, 0.2) is 0 Å². The molecule has 1 aromatic carbocycles. The Kier molecular flexibility index (Phi) is 3.72. The van der Waals surface area contributed by atoms with Crippen LogP contribution in [0.2, 0.25) is 0 Å². The van der Waals surface area contributed by atoms with Crippen LogP contribution < -0.4 is 4.74 Å². The average molecular weight is 339 g/mol. The van der Waals surface area contributed by atoms with Gasteiger partial charge in [0.05, 0.1) is 30.4 Å². The summed E-state index contributed by atoms with van der Waals surface area (Å²) in [5.41, 5.74) is 1.36. The summed E-state index contributed by atoms with van der Waals surface area (Å²) in [4.78, 5) is 18.3. The molecular weight excluding hydrogens is 322 g/mol. The first-order valence-corrected chi connectivity index (χ1v) is 7.94. The van der Waals surface area contributed by atoms with E-state index in [1.54, 1.807) is 35.9 Å². The van der Waals surface area contributed by atoms with Gasteiger partial charge in [0, 0.05) is 20.2 Å². The maximum atomic E-state index is 12.3. The first kappa shape index (κ1) is 15.4. The number of likely N-dealkylation sites (tertiary alicyclic amines) is 1. The lowest BCUT2D eigenvalue weighted by molar-refractivity contribution is 0.0180. The van der Waals surface area contributed by atoms with Crippen molar-refractivity contribution in [3.05, 3.63) is 48.1 Å². The number of para-hydroxylation sites is 1. The predicted molar refractivity (Wildman–Crippen MR) is 88.0 cm³/mol. The minimum atomic E-state index is -0.0604. The number of hydrogen-bond acceptors (Lipinski definition) is 6. The largest absolute Gasteiger partial charge is 0.486 e. The van der Waals surface area contributed by atoms with Crippen LogP contribution in [0.1, 0.15) is 16.2 Å². The third kappa shape index (κ3) is 2.98. The van der Waals surface area contributed by atoms with E-state index in [0.29, 0.717) is 36.1 Å². The Morgan fingerprint density at radius 3 is 2.80 bits per heavy atom. The maximum Gasteiger partial charge on any atom is 0.257 e. The number of carbonyl (C=O) groups excluding carboxylic acids is 1. The summed E-state index contributed by atoms with van der Waals surface area (Å²) >= 11 is 0. The van der Waals surface area contributed by atoms with Crippen molar-refractivity contribution in [2.75, 3.05) is 13.1 Å². The molecule has 0 bridgehead atoms. The van der Waals surface area contributed by atoms with Crippen molar-refractivity contribution >= 4 is 5.91 Å². The van der Waals surface area contributed by atoms with Gasteiger partial charge in [0.1, 0.15) is 11.9 Å². The Balaban J connectivity index is 1.43. The molecule has 1 saturated heterocycles. The smallest absolute Gasteiger partial charge is 0.257 e. The van der Waals surface area contributed by atoms with E-state index in [-0.39, 0.29) is 12.0 Å². The molecule has 1 aliphatic heterocycles.